The predicted molar refractivity (Wildman–Crippen MR) is 106 cm³/mol. The second-order valence-corrected chi connectivity index (χ2v) is 9.63. The lowest BCUT2D eigenvalue weighted by Crippen LogP contribution is -2.43. The van der Waals surface area contributed by atoms with Crippen molar-refractivity contribution in [1.82, 2.24) is 9.62 Å². The Bertz CT molecular complexity index is 1080. The van der Waals surface area contributed by atoms with Crippen LogP contribution in [0.3, 0.4) is 0 Å². The molecule has 7 nitrogen and oxygen atoms in total. The van der Waals surface area contributed by atoms with E-state index in [0.29, 0.717) is 25.6 Å². The van der Waals surface area contributed by atoms with Crippen molar-refractivity contribution in [3.8, 4) is 0 Å². The summed E-state index contributed by atoms with van der Waals surface area (Å²) in [4.78, 5) is 26.7. The minimum atomic E-state index is -4.71. The van der Waals surface area contributed by atoms with Crippen molar-refractivity contribution in [1.29, 1.82) is 0 Å². The molecule has 1 unspecified atom stereocenters. The molecule has 0 bridgehead atoms. The highest BCUT2D eigenvalue weighted by atomic mass is 32.2. The Morgan fingerprint density at radius 2 is 2.03 bits per heavy atom. The number of halogens is 3. The Kier molecular flexibility index (Phi) is 6.72. The number of carbonyl (C=O) groups excluding carboxylic acids is 2. The number of carbonyl (C=O) groups is 2. The van der Waals surface area contributed by atoms with Crippen LogP contribution in [0.2, 0.25) is 0 Å². The Balaban J connectivity index is 1.55. The van der Waals surface area contributed by atoms with Crippen LogP contribution in [0.25, 0.3) is 0 Å². The molecule has 1 aromatic heterocycles. The molecule has 1 aliphatic heterocycles. The van der Waals surface area contributed by atoms with Crippen molar-refractivity contribution in [2.45, 2.75) is 37.1 Å². The molecule has 168 valence electrons. The van der Waals surface area contributed by atoms with Gasteiger partial charge in [-0.2, -0.15) is 17.9 Å². The first-order valence-electron chi connectivity index (χ1n) is 9.18. The fourth-order valence-corrected chi connectivity index (χ4v) is 4.96. The van der Waals surface area contributed by atoms with Crippen LogP contribution in [0, 0.1) is 0 Å². The van der Waals surface area contributed by atoms with Crippen molar-refractivity contribution in [2.24, 2.45) is 0 Å². The van der Waals surface area contributed by atoms with E-state index in [0.717, 1.165) is 23.8 Å². The molecule has 1 aliphatic rings. The minimum absolute atomic E-state index is 0.404. The van der Waals surface area contributed by atoms with E-state index in [1.54, 1.807) is 16.2 Å². The molecule has 0 spiro atoms. The number of alkyl halides is 3. The van der Waals surface area contributed by atoms with Gasteiger partial charge in [-0.05, 0) is 48.6 Å². The smallest absolute Gasteiger partial charge is 0.416 e. The molecule has 0 fully saturated rings. The van der Waals surface area contributed by atoms with Gasteiger partial charge in [0.2, 0.25) is 10.0 Å². The second kappa shape index (κ2) is 8.97. The second-order valence-electron chi connectivity index (χ2n) is 6.86. The number of benzene rings is 1. The minimum Gasteiger partial charge on any atom is -0.452 e. The Morgan fingerprint density at radius 3 is 2.74 bits per heavy atom. The van der Waals surface area contributed by atoms with E-state index in [-0.39, 0.29) is 0 Å². The number of amides is 1. The van der Waals surface area contributed by atoms with Crippen molar-refractivity contribution in [2.75, 3.05) is 13.1 Å². The number of thiophene rings is 1. The number of fused-ring (bicyclic) bond motifs is 1. The summed E-state index contributed by atoms with van der Waals surface area (Å²) in [6.45, 7) is 1.44. The summed E-state index contributed by atoms with van der Waals surface area (Å²) < 4.78 is 69.7. The normalized spacial score (nSPS) is 15.3. The SMILES string of the molecule is CC(OC(=O)CNS(=O)(=O)c1cccc(C(F)(F)F)c1)C(=O)N1CCc2sccc2C1. The molecule has 1 amide bonds. The van der Waals surface area contributed by atoms with E-state index < -0.39 is 51.2 Å². The first-order chi connectivity index (χ1) is 14.5. The number of rotatable bonds is 6. The van der Waals surface area contributed by atoms with E-state index in [9.17, 15) is 31.2 Å². The van der Waals surface area contributed by atoms with Gasteiger partial charge in [0, 0.05) is 18.0 Å². The average Bonchev–Trinajstić information content (AvgIpc) is 3.19. The zero-order valence-corrected chi connectivity index (χ0v) is 17.9. The number of hydrogen-bond donors (Lipinski definition) is 1. The molecular weight excluding hydrogens is 457 g/mol. The third kappa shape index (κ3) is 5.63. The van der Waals surface area contributed by atoms with Gasteiger partial charge in [0.25, 0.3) is 5.91 Å². The lowest BCUT2D eigenvalue weighted by molar-refractivity contribution is -0.158. The van der Waals surface area contributed by atoms with Gasteiger partial charge in [-0.1, -0.05) is 6.07 Å². The molecule has 0 saturated heterocycles. The van der Waals surface area contributed by atoms with Gasteiger partial charge >= 0.3 is 12.1 Å². The van der Waals surface area contributed by atoms with Gasteiger partial charge < -0.3 is 9.64 Å². The maximum absolute atomic E-state index is 12.8. The first kappa shape index (κ1) is 23.2. The van der Waals surface area contributed by atoms with Crippen LogP contribution in [0.5, 0.6) is 0 Å². The van der Waals surface area contributed by atoms with Crippen LogP contribution in [0.15, 0.2) is 40.6 Å². The molecule has 2 heterocycles. The average molecular weight is 476 g/mol. The van der Waals surface area contributed by atoms with Gasteiger partial charge in [-0.15, -0.1) is 11.3 Å². The van der Waals surface area contributed by atoms with Crippen LogP contribution in [0.1, 0.15) is 22.9 Å². The fourth-order valence-electron chi connectivity index (χ4n) is 3.06. The number of sulfonamides is 1. The van der Waals surface area contributed by atoms with Crippen LogP contribution in [0.4, 0.5) is 13.2 Å². The number of hydrogen-bond acceptors (Lipinski definition) is 6. The molecule has 1 atom stereocenters. The zero-order chi connectivity index (χ0) is 22.8. The topological polar surface area (TPSA) is 92.8 Å². The van der Waals surface area contributed by atoms with Crippen LogP contribution in [-0.4, -0.2) is 44.4 Å². The van der Waals surface area contributed by atoms with Gasteiger partial charge in [-0.25, -0.2) is 8.42 Å². The summed E-state index contributed by atoms with van der Waals surface area (Å²) in [6, 6.07) is 5.06. The fraction of sp³-hybridized carbons (Fsp3) is 0.368. The molecule has 31 heavy (non-hydrogen) atoms. The predicted octanol–water partition coefficient (Wildman–Crippen LogP) is 2.56. The number of nitrogens with one attached hydrogen (secondary N) is 1. The van der Waals surface area contributed by atoms with Crippen LogP contribution < -0.4 is 4.72 Å². The summed E-state index contributed by atoms with van der Waals surface area (Å²) in [5, 5.41) is 1.94. The van der Waals surface area contributed by atoms with E-state index in [2.05, 4.69) is 0 Å². The molecule has 2 aromatic rings. The highest BCUT2D eigenvalue weighted by molar-refractivity contribution is 7.89. The first-order valence-corrected chi connectivity index (χ1v) is 11.5. The van der Waals surface area contributed by atoms with Gasteiger partial charge in [0.1, 0.15) is 6.54 Å². The Hall–Kier alpha value is -2.44. The van der Waals surface area contributed by atoms with Crippen molar-refractivity contribution >= 4 is 33.2 Å². The van der Waals surface area contributed by atoms with Gasteiger partial charge in [0.15, 0.2) is 6.10 Å². The third-order valence-corrected chi connectivity index (χ3v) is 7.08. The lowest BCUT2D eigenvalue weighted by Gasteiger charge is -2.29. The zero-order valence-electron chi connectivity index (χ0n) is 16.3. The van der Waals surface area contributed by atoms with E-state index in [4.69, 9.17) is 4.74 Å². The monoisotopic (exact) mass is 476 g/mol. The van der Waals surface area contributed by atoms with Crippen molar-refractivity contribution in [3.63, 3.8) is 0 Å². The summed E-state index contributed by atoms with van der Waals surface area (Å²) in [6.07, 6.45) is -5.14. The number of nitrogens with zero attached hydrogens (tertiary/aromatic N) is 1. The van der Waals surface area contributed by atoms with Crippen LogP contribution in [-0.2, 0) is 43.5 Å². The highest BCUT2D eigenvalue weighted by Gasteiger charge is 2.32. The summed E-state index contributed by atoms with van der Waals surface area (Å²) in [5.74, 6) is -1.43. The van der Waals surface area contributed by atoms with Crippen molar-refractivity contribution < 1.29 is 35.9 Å². The maximum Gasteiger partial charge on any atom is 0.416 e. The largest absolute Gasteiger partial charge is 0.452 e. The summed E-state index contributed by atoms with van der Waals surface area (Å²) in [5.41, 5.74) is -0.0931. The van der Waals surface area contributed by atoms with Crippen molar-refractivity contribution in [3.05, 3.63) is 51.7 Å². The maximum atomic E-state index is 12.8. The molecule has 12 heteroatoms. The Morgan fingerprint density at radius 1 is 1.29 bits per heavy atom. The van der Waals surface area contributed by atoms with Crippen LogP contribution >= 0.6 is 11.3 Å². The molecule has 1 aromatic carbocycles. The highest BCUT2D eigenvalue weighted by Crippen LogP contribution is 2.30. The molecule has 0 saturated carbocycles. The standard InChI is InChI=1S/C19H19F3N2O5S2/c1-12(18(26)24-7-5-16-13(11-24)6-8-30-16)29-17(25)10-23-31(27,28)15-4-2-3-14(9-15)19(20,21)22/h2-4,6,8-9,12,23H,5,7,10-11H2,1H3. The van der Waals surface area contributed by atoms with Gasteiger partial charge in [0.05, 0.1) is 10.5 Å². The Labute approximate surface area is 180 Å². The number of esters is 1. The van der Waals surface area contributed by atoms with E-state index >= 15 is 0 Å². The van der Waals surface area contributed by atoms with Gasteiger partial charge in [-0.3, -0.25) is 9.59 Å². The summed E-state index contributed by atoms with van der Waals surface area (Å²) >= 11 is 1.62. The molecule has 1 N–H and O–H groups in total. The molecule has 0 aliphatic carbocycles. The summed E-state index contributed by atoms with van der Waals surface area (Å²) in [7, 11) is -4.39. The third-order valence-electron chi connectivity index (χ3n) is 4.65. The quantitative estimate of drug-likeness (QED) is 0.647. The van der Waals surface area contributed by atoms with E-state index in [1.165, 1.54) is 11.8 Å². The number of ether oxygens (including phenoxy) is 1. The lowest BCUT2D eigenvalue weighted by atomic mass is 10.1. The molecular formula is C19H19F3N2O5S2. The molecule has 0 radical (unpaired) electrons. The van der Waals surface area contributed by atoms with E-state index in [1.807, 2.05) is 16.2 Å². The molecule has 3 rings (SSSR count).